The summed E-state index contributed by atoms with van der Waals surface area (Å²) in [5.41, 5.74) is 0. The number of rotatable bonds is 7. The van der Waals surface area contributed by atoms with Gasteiger partial charge in [-0.05, 0) is 18.8 Å². The Bertz CT molecular complexity index is 214. The molecule has 1 aliphatic heterocycles. The summed E-state index contributed by atoms with van der Waals surface area (Å²) in [5.74, 6) is 0.508. The van der Waals surface area contributed by atoms with Gasteiger partial charge < -0.3 is 14.8 Å². The zero-order valence-electron chi connectivity index (χ0n) is 10.4. The molecule has 0 spiro atoms. The zero-order chi connectivity index (χ0) is 12.5. The van der Waals surface area contributed by atoms with Gasteiger partial charge in [0.1, 0.15) is 0 Å². The Hall–Kier alpha value is -0.130. The Morgan fingerprint density at radius 2 is 2.29 bits per heavy atom. The molecule has 1 aliphatic rings. The number of carbonyl (C=O) groups excluding carboxylic acids is 1. The van der Waals surface area contributed by atoms with Gasteiger partial charge in [-0.3, -0.25) is 4.79 Å². The molecule has 0 bridgehead atoms. The fourth-order valence-electron chi connectivity index (χ4n) is 1.91. The third-order valence-electron chi connectivity index (χ3n) is 2.89. The first kappa shape index (κ1) is 14.9. The first-order chi connectivity index (χ1) is 8.27. The molecule has 1 saturated heterocycles. The molecule has 1 amide bonds. The molecule has 2 atom stereocenters. The van der Waals surface area contributed by atoms with E-state index in [-0.39, 0.29) is 5.91 Å². The lowest BCUT2D eigenvalue weighted by Crippen LogP contribution is -2.44. The number of alkyl halides is 1. The van der Waals surface area contributed by atoms with Crippen LogP contribution in [0, 0.1) is 5.92 Å². The molecule has 0 aromatic carbocycles. The Morgan fingerprint density at radius 3 is 2.88 bits per heavy atom. The van der Waals surface area contributed by atoms with Gasteiger partial charge in [-0.25, -0.2) is 0 Å². The topological polar surface area (TPSA) is 47.6 Å². The van der Waals surface area contributed by atoms with Gasteiger partial charge in [0.05, 0.1) is 19.8 Å². The fourth-order valence-corrected chi connectivity index (χ4v) is 2.56. The van der Waals surface area contributed by atoms with E-state index in [4.69, 9.17) is 9.47 Å². The molecule has 1 heterocycles. The van der Waals surface area contributed by atoms with Crippen LogP contribution in [-0.4, -0.2) is 43.7 Å². The van der Waals surface area contributed by atoms with Crippen LogP contribution in [0.25, 0.3) is 0 Å². The molecular formula is C12H22BrNO3. The summed E-state index contributed by atoms with van der Waals surface area (Å²) in [7, 11) is 0. The molecule has 17 heavy (non-hydrogen) atoms. The number of halogens is 1. The number of ether oxygens (including phenoxy) is 2. The van der Waals surface area contributed by atoms with E-state index in [1.165, 1.54) is 0 Å². The van der Waals surface area contributed by atoms with Gasteiger partial charge in [0.25, 0.3) is 5.91 Å². The summed E-state index contributed by atoms with van der Waals surface area (Å²) >= 11 is 3.45. The van der Waals surface area contributed by atoms with E-state index in [0.29, 0.717) is 25.7 Å². The van der Waals surface area contributed by atoms with Gasteiger partial charge in [0.15, 0.2) is 6.10 Å². The first-order valence-corrected chi connectivity index (χ1v) is 7.43. The van der Waals surface area contributed by atoms with E-state index < -0.39 is 6.10 Å². The standard InChI is InChI=1S/C12H22BrNO3/c1-2-3-10(4-5-13)8-14-12(15)11-9-16-6-7-17-11/h10-11H,2-9H2,1H3,(H,14,15). The van der Waals surface area contributed by atoms with Crippen LogP contribution < -0.4 is 5.32 Å². The highest BCUT2D eigenvalue weighted by Gasteiger charge is 2.22. The van der Waals surface area contributed by atoms with Crippen molar-refractivity contribution in [1.82, 2.24) is 5.32 Å². The van der Waals surface area contributed by atoms with E-state index in [1.54, 1.807) is 0 Å². The third-order valence-corrected chi connectivity index (χ3v) is 3.35. The lowest BCUT2D eigenvalue weighted by molar-refractivity contribution is -0.147. The molecule has 2 unspecified atom stereocenters. The Labute approximate surface area is 112 Å². The van der Waals surface area contributed by atoms with Crippen molar-refractivity contribution in [2.24, 2.45) is 5.92 Å². The first-order valence-electron chi connectivity index (χ1n) is 6.31. The van der Waals surface area contributed by atoms with Crippen molar-refractivity contribution >= 4 is 21.8 Å². The molecular weight excluding hydrogens is 286 g/mol. The van der Waals surface area contributed by atoms with E-state index in [1.807, 2.05) is 0 Å². The second-order valence-electron chi connectivity index (χ2n) is 4.31. The molecule has 0 aromatic rings. The van der Waals surface area contributed by atoms with Gasteiger partial charge in [-0.1, -0.05) is 29.3 Å². The van der Waals surface area contributed by atoms with E-state index in [9.17, 15) is 4.79 Å². The van der Waals surface area contributed by atoms with Crippen LogP contribution in [0.15, 0.2) is 0 Å². The van der Waals surface area contributed by atoms with Gasteiger partial charge in [0.2, 0.25) is 0 Å². The number of amides is 1. The van der Waals surface area contributed by atoms with Crippen molar-refractivity contribution in [3.63, 3.8) is 0 Å². The van der Waals surface area contributed by atoms with E-state index >= 15 is 0 Å². The lowest BCUT2D eigenvalue weighted by atomic mass is 10.0. The maximum atomic E-state index is 11.8. The van der Waals surface area contributed by atoms with Crippen LogP contribution in [0.3, 0.4) is 0 Å². The van der Waals surface area contributed by atoms with E-state index in [2.05, 4.69) is 28.2 Å². The monoisotopic (exact) mass is 307 g/mol. The van der Waals surface area contributed by atoms with Crippen molar-refractivity contribution < 1.29 is 14.3 Å². The predicted octanol–water partition coefficient (Wildman–Crippen LogP) is 1.72. The molecule has 1 fully saturated rings. The minimum absolute atomic E-state index is 0.0413. The van der Waals surface area contributed by atoms with E-state index in [0.717, 1.165) is 31.1 Å². The second-order valence-corrected chi connectivity index (χ2v) is 5.10. The quantitative estimate of drug-likeness (QED) is 0.729. The molecule has 0 aromatic heterocycles. The molecule has 0 saturated carbocycles. The maximum Gasteiger partial charge on any atom is 0.251 e. The van der Waals surface area contributed by atoms with Crippen LogP contribution in [0.5, 0.6) is 0 Å². The largest absolute Gasteiger partial charge is 0.376 e. The van der Waals surface area contributed by atoms with Crippen LogP contribution in [0.4, 0.5) is 0 Å². The summed E-state index contributed by atoms with van der Waals surface area (Å²) in [6, 6.07) is 0. The molecule has 100 valence electrons. The van der Waals surface area contributed by atoms with Crippen molar-refractivity contribution in [2.45, 2.75) is 32.3 Å². The molecule has 4 nitrogen and oxygen atoms in total. The summed E-state index contributed by atoms with van der Waals surface area (Å²) < 4.78 is 10.6. The van der Waals surface area contributed by atoms with Crippen LogP contribution >= 0.6 is 15.9 Å². The van der Waals surface area contributed by atoms with Crippen molar-refractivity contribution in [3.8, 4) is 0 Å². The average molecular weight is 308 g/mol. The van der Waals surface area contributed by atoms with Crippen LogP contribution in [-0.2, 0) is 14.3 Å². The van der Waals surface area contributed by atoms with Crippen molar-refractivity contribution in [3.05, 3.63) is 0 Å². The molecule has 1 N–H and O–H groups in total. The number of hydrogen-bond acceptors (Lipinski definition) is 3. The van der Waals surface area contributed by atoms with Gasteiger partial charge in [-0.15, -0.1) is 0 Å². The molecule has 5 heteroatoms. The highest BCUT2D eigenvalue weighted by Crippen LogP contribution is 2.12. The summed E-state index contributed by atoms with van der Waals surface area (Å²) in [5, 5.41) is 3.94. The third kappa shape index (κ3) is 5.84. The molecule has 0 radical (unpaired) electrons. The Balaban J connectivity index is 2.24. The minimum Gasteiger partial charge on any atom is -0.376 e. The Kier molecular flexibility index (Phi) is 7.81. The van der Waals surface area contributed by atoms with Gasteiger partial charge in [-0.2, -0.15) is 0 Å². The smallest absolute Gasteiger partial charge is 0.251 e. The SMILES string of the molecule is CCCC(CCBr)CNC(=O)C1COCCO1. The number of carbonyl (C=O) groups is 1. The summed E-state index contributed by atoms with van der Waals surface area (Å²) in [6.07, 6.45) is 2.97. The number of hydrogen-bond donors (Lipinski definition) is 1. The maximum absolute atomic E-state index is 11.8. The zero-order valence-corrected chi connectivity index (χ0v) is 12.0. The highest BCUT2D eigenvalue weighted by molar-refractivity contribution is 9.09. The van der Waals surface area contributed by atoms with Gasteiger partial charge >= 0.3 is 0 Å². The lowest BCUT2D eigenvalue weighted by Gasteiger charge is -2.23. The normalized spacial score (nSPS) is 22.1. The number of nitrogens with one attached hydrogen (secondary N) is 1. The fraction of sp³-hybridized carbons (Fsp3) is 0.917. The van der Waals surface area contributed by atoms with Gasteiger partial charge in [0, 0.05) is 11.9 Å². The minimum atomic E-state index is -0.421. The molecule has 0 aliphatic carbocycles. The van der Waals surface area contributed by atoms with Crippen LogP contribution in [0.2, 0.25) is 0 Å². The van der Waals surface area contributed by atoms with Crippen molar-refractivity contribution in [2.75, 3.05) is 31.7 Å². The van der Waals surface area contributed by atoms with Crippen molar-refractivity contribution in [1.29, 1.82) is 0 Å². The summed E-state index contributed by atoms with van der Waals surface area (Å²) in [4.78, 5) is 11.8. The molecule has 1 rings (SSSR count). The summed E-state index contributed by atoms with van der Waals surface area (Å²) in [6.45, 7) is 4.38. The second kappa shape index (κ2) is 8.89. The Morgan fingerprint density at radius 1 is 1.47 bits per heavy atom. The highest BCUT2D eigenvalue weighted by atomic mass is 79.9. The van der Waals surface area contributed by atoms with Crippen LogP contribution in [0.1, 0.15) is 26.2 Å². The predicted molar refractivity (Wildman–Crippen MR) is 70.4 cm³/mol. The average Bonchev–Trinajstić information content (AvgIpc) is 2.37.